The number of anilines is 1. The Morgan fingerprint density at radius 3 is 2.48 bits per heavy atom. The van der Waals surface area contributed by atoms with Crippen molar-refractivity contribution < 1.29 is 4.79 Å². The third-order valence-electron chi connectivity index (χ3n) is 5.84. The van der Waals surface area contributed by atoms with Crippen LogP contribution in [0.2, 0.25) is 0 Å². The highest BCUT2D eigenvalue weighted by Gasteiger charge is 2.22. The third kappa shape index (κ3) is 4.34. The Morgan fingerprint density at radius 2 is 1.72 bits per heavy atom. The molecule has 4 rings (SSSR count). The van der Waals surface area contributed by atoms with Crippen molar-refractivity contribution in [3.63, 3.8) is 0 Å². The van der Waals surface area contributed by atoms with Crippen molar-refractivity contribution >= 4 is 11.6 Å². The van der Waals surface area contributed by atoms with Crippen molar-refractivity contribution in [1.82, 2.24) is 14.5 Å². The molecule has 1 amide bonds. The first-order valence-electron chi connectivity index (χ1n) is 10.3. The number of nitrogens with zero attached hydrogens (tertiary/aromatic N) is 4. The maximum Gasteiger partial charge on any atom is 0.224 e. The predicted molar refractivity (Wildman–Crippen MR) is 117 cm³/mol. The van der Waals surface area contributed by atoms with Crippen molar-refractivity contribution in [3.05, 3.63) is 72.2 Å². The van der Waals surface area contributed by atoms with Gasteiger partial charge in [0.25, 0.3) is 0 Å². The number of hydrogen-bond acceptors (Lipinski definition) is 3. The van der Waals surface area contributed by atoms with Crippen LogP contribution in [0.3, 0.4) is 0 Å². The third-order valence-corrected chi connectivity index (χ3v) is 5.84. The van der Waals surface area contributed by atoms with Gasteiger partial charge in [0.2, 0.25) is 5.91 Å². The van der Waals surface area contributed by atoms with E-state index in [1.807, 2.05) is 52.3 Å². The maximum atomic E-state index is 12.7. The van der Waals surface area contributed by atoms with E-state index in [1.54, 1.807) is 0 Å². The molecular formula is C24H28N4O. The molecule has 0 spiro atoms. The fraction of sp³-hybridized carbons (Fsp3) is 0.333. The van der Waals surface area contributed by atoms with Crippen LogP contribution >= 0.6 is 0 Å². The molecule has 1 aliphatic rings. The Kier molecular flexibility index (Phi) is 5.65. The molecule has 0 radical (unpaired) electrons. The number of aromatic nitrogens is 2. The molecule has 2 heterocycles. The van der Waals surface area contributed by atoms with Crippen LogP contribution < -0.4 is 4.90 Å². The van der Waals surface area contributed by atoms with Gasteiger partial charge in [0.15, 0.2) is 0 Å². The van der Waals surface area contributed by atoms with E-state index in [1.165, 1.54) is 16.8 Å². The van der Waals surface area contributed by atoms with Crippen molar-refractivity contribution in [2.45, 2.75) is 26.8 Å². The molecule has 1 fully saturated rings. The Bertz CT molecular complexity index is 972. The van der Waals surface area contributed by atoms with Crippen LogP contribution in [0.25, 0.3) is 11.3 Å². The summed E-state index contributed by atoms with van der Waals surface area (Å²) in [6.45, 7) is 8.33. The van der Waals surface area contributed by atoms with Crippen LogP contribution in [-0.4, -0.2) is 46.5 Å². The summed E-state index contributed by atoms with van der Waals surface area (Å²) in [6.07, 6.45) is 4.34. The number of benzene rings is 2. The number of carbonyl (C=O) groups is 1. The minimum Gasteiger partial charge on any atom is -0.368 e. The van der Waals surface area contributed by atoms with E-state index in [9.17, 15) is 4.79 Å². The first kappa shape index (κ1) is 19.2. The number of aryl methyl sites for hydroxylation is 2. The van der Waals surface area contributed by atoms with E-state index in [2.05, 4.69) is 41.9 Å². The molecule has 150 valence electrons. The van der Waals surface area contributed by atoms with Crippen LogP contribution in [-0.2, 0) is 11.3 Å². The minimum atomic E-state index is 0.223. The summed E-state index contributed by atoms with van der Waals surface area (Å²) >= 11 is 0. The van der Waals surface area contributed by atoms with E-state index in [4.69, 9.17) is 0 Å². The molecule has 1 aromatic heterocycles. The maximum absolute atomic E-state index is 12.7. The molecule has 0 unspecified atom stereocenters. The summed E-state index contributed by atoms with van der Waals surface area (Å²) in [5, 5.41) is 0. The molecule has 1 saturated heterocycles. The molecule has 0 saturated carbocycles. The van der Waals surface area contributed by atoms with Crippen molar-refractivity contribution in [2.75, 3.05) is 31.1 Å². The Hall–Kier alpha value is -3.08. The first-order chi connectivity index (χ1) is 14.1. The summed E-state index contributed by atoms with van der Waals surface area (Å²) in [7, 11) is 0. The molecule has 0 aliphatic carbocycles. The van der Waals surface area contributed by atoms with Crippen LogP contribution in [0.4, 0.5) is 5.69 Å². The second kappa shape index (κ2) is 8.52. The van der Waals surface area contributed by atoms with Gasteiger partial charge in [-0.3, -0.25) is 4.79 Å². The molecule has 0 atom stereocenters. The van der Waals surface area contributed by atoms with Crippen molar-refractivity contribution in [2.24, 2.45) is 0 Å². The molecule has 5 nitrogen and oxygen atoms in total. The number of imidazole rings is 1. The van der Waals surface area contributed by atoms with Gasteiger partial charge in [0.05, 0.1) is 12.0 Å². The normalized spacial score (nSPS) is 14.3. The average Bonchev–Trinajstić information content (AvgIpc) is 3.24. The van der Waals surface area contributed by atoms with Gasteiger partial charge in [-0.2, -0.15) is 0 Å². The fourth-order valence-electron chi connectivity index (χ4n) is 3.90. The molecule has 0 N–H and O–H groups in total. The monoisotopic (exact) mass is 388 g/mol. The van der Waals surface area contributed by atoms with Crippen LogP contribution in [0.5, 0.6) is 0 Å². The summed E-state index contributed by atoms with van der Waals surface area (Å²) in [5.74, 6) is 0.223. The van der Waals surface area contributed by atoms with Crippen LogP contribution in [0.15, 0.2) is 61.1 Å². The molecule has 0 bridgehead atoms. The van der Waals surface area contributed by atoms with Gasteiger partial charge in [-0.25, -0.2) is 4.98 Å². The topological polar surface area (TPSA) is 41.4 Å². The lowest BCUT2D eigenvalue weighted by Gasteiger charge is -2.37. The Labute approximate surface area is 172 Å². The number of rotatable bonds is 5. The molecule has 1 aliphatic heterocycles. The average molecular weight is 389 g/mol. The van der Waals surface area contributed by atoms with Gasteiger partial charge >= 0.3 is 0 Å². The molecule has 2 aromatic carbocycles. The SMILES string of the molecule is Cc1cccc(N2CCN(C(=O)CCn3cnc(-c4ccccc4)c3)CC2)c1C. The largest absolute Gasteiger partial charge is 0.368 e. The number of amides is 1. The van der Waals surface area contributed by atoms with Gasteiger partial charge in [-0.15, -0.1) is 0 Å². The van der Waals surface area contributed by atoms with Gasteiger partial charge in [-0.1, -0.05) is 42.5 Å². The number of carbonyl (C=O) groups excluding carboxylic acids is 1. The van der Waals surface area contributed by atoms with Gasteiger partial charge in [0, 0.05) is 56.6 Å². The molecule has 29 heavy (non-hydrogen) atoms. The molecule has 3 aromatic rings. The minimum absolute atomic E-state index is 0.223. The standard InChI is InChI=1S/C24H28N4O/c1-19-7-6-10-23(20(19)2)27-13-15-28(16-14-27)24(29)11-12-26-17-22(25-18-26)21-8-4-3-5-9-21/h3-10,17-18H,11-16H2,1-2H3. The van der Waals surface area contributed by atoms with E-state index in [0.717, 1.165) is 37.4 Å². The fourth-order valence-corrected chi connectivity index (χ4v) is 3.90. The lowest BCUT2D eigenvalue weighted by atomic mass is 10.1. The van der Waals surface area contributed by atoms with E-state index < -0.39 is 0 Å². The number of piperazine rings is 1. The zero-order chi connectivity index (χ0) is 20.2. The quantitative estimate of drug-likeness (QED) is 0.666. The molecule has 5 heteroatoms. The highest BCUT2D eigenvalue weighted by molar-refractivity contribution is 5.76. The molecular weight excluding hydrogens is 360 g/mol. The predicted octanol–water partition coefficient (Wildman–Crippen LogP) is 3.91. The Balaban J connectivity index is 1.29. The lowest BCUT2D eigenvalue weighted by molar-refractivity contribution is -0.131. The van der Waals surface area contributed by atoms with E-state index in [-0.39, 0.29) is 5.91 Å². The van der Waals surface area contributed by atoms with Gasteiger partial charge < -0.3 is 14.4 Å². The summed E-state index contributed by atoms with van der Waals surface area (Å²) < 4.78 is 2.01. The summed E-state index contributed by atoms with van der Waals surface area (Å²) in [6, 6.07) is 16.6. The van der Waals surface area contributed by atoms with Crippen LogP contribution in [0.1, 0.15) is 17.5 Å². The highest BCUT2D eigenvalue weighted by atomic mass is 16.2. The zero-order valence-electron chi connectivity index (χ0n) is 17.2. The van der Waals surface area contributed by atoms with E-state index >= 15 is 0 Å². The number of hydrogen-bond donors (Lipinski definition) is 0. The summed E-state index contributed by atoms with van der Waals surface area (Å²) in [4.78, 5) is 21.5. The highest BCUT2D eigenvalue weighted by Crippen LogP contribution is 2.24. The first-order valence-corrected chi connectivity index (χ1v) is 10.3. The zero-order valence-corrected chi connectivity index (χ0v) is 17.2. The van der Waals surface area contributed by atoms with Crippen molar-refractivity contribution in [3.8, 4) is 11.3 Å². The van der Waals surface area contributed by atoms with Gasteiger partial charge in [0.1, 0.15) is 0 Å². The second-order valence-corrected chi connectivity index (χ2v) is 7.70. The van der Waals surface area contributed by atoms with Gasteiger partial charge in [-0.05, 0) is 31.0 Å². The smallest absolute Gasteiger partial charge is 0.224 e. The lowest BCUT2D eigenvalue weighted by Crippen LogP contribution is -2.49. The van der Waals surface area contributed by atoms with Crippen molar-refractivity contribution in [1.29, 1.82) is 0 Å². The summed E-state index contributed by atoms with van der Waals surface area (Å²) in [5.41, 5.74) is 5.99. The Morgan fingerprint density at radius 1 is 0.966 bits per heavy atom. The van der Waals surface area contributed by atoms with Crippen LogP contribution in [0, 0.1) is 13.8 Å². The van der Waals surface area contributed by atoms with E-state index in [0.29, 0.717) is 13.0 Å². The second-order valence-electron chi connectivity index (χ2n) is 7.70.